The van der Waals surface area contributed by atoms with E-state index in [1.807, 2.05) is 0 Å². The van der Waals surface area contributed by atoms with Crippen LogP contribution in [-0.2, 0) is 6.42 Å². The molecule has 2 fully saturated rings. The zero-order chi connectivity index (χ0) is 13.1. The molecule has 1 saturated heterocycles. The monoisotopic (exact) mass is 323 g/mol. The Hall–Kier alpha value is -0.540. The van der Waals surface area contributed by atoms with E-state index in [9.17, 15) is 0 Å². The van der Waals surface area contributed by atoms with Crippen LogP contribution in [0.4, 0.5) is 0 Å². The molecule has 1 saturated carbocycles. The lowest BCUT2D eigenvalue weighted by atomic mass is 9.91. The quantitative estimate of drug-likeness (QED) is 0.890. The molecule has 19 heavy (non-hydrogen) atoms. The predicted molar refractivity (Wildman–Crippen MR) is 81.7 cm³/mol. The van der Waals surface area contributed by atoms with Crippen LogP contribution in [0.3, 0.4) is 0 Å². The van der Waals surface area contributed by atoms with Gasteiger partial charge in [0.15, 0.2) is 0 Å². The standard InChI is InChI=1S/C16H22BrNO/c17-15-4-3-14(9-12-5-7-18-8-6-12)10-16(15)19-11-13-1-2-13/h3-4,10,12-13,18H,1-2,5-9,11H2. The third-order valence-corrected chi connectivity index (χ3v) is 4.81. The van der Waals surface area contributed by atoms with Crippen molar-refractivity contribution < 1.29 is 4.74 Å². The Kier molecular flexibility index (Phi) is 4.44. The fourth-order valence-electron chi connectivity index (χ4n) is 2.70. The molecule has 3 rings (SSSR count). The number of piperidine rings is 1. The molecule has 2 nitrogen and oxygen atoms in total. The summed E-state index contributed by atoms with van der Waals surface area (Å²) in [5.74, 6) is 2.66. The molecule has 3 heteroatoms. The second kappa shape index (κ2) is 6.27. The van der Waals surface area contributed by atoms with Crippen LogP contribution < -0.4 is 10.1 Å². The first kappa shape index (κ1) is 13.4. The lowest BCUT2D eigenvalue weighted by Crippen LogP contribution is -2.28. The van der Waals surface area contributed by atoms with Crippen LogP contribution in [-0.4, -0.2) is 19.7 Å². The van der Waals surface area contributed by atoms with E-state index in [1.54, 1.807) is 0 Å². The summed E-state index contributed by atoms with van der Waals surface area (Å²) in [6.45, 7) is 3.23. The predicted octanol–water partition coefficient (Wildman–Crippen LogP) is 3.78. The molecular weight excluding hydrogens is 302 g/mol. The number of benzene rings is 1. The van der Waals surface area contributed by atoms with Crippen molar-refractivity contribution in [2.24, 2.45) is 11.8 Å². The van der Waals surface area contributed by atoms with E-state index < -0.39 is 0 Å². The molecule has 0 aromatic heterocycles. The maximum atomic E-state index is 5.93. The molecule has 1 N–H and O–H groups in total. The first-order valence-corrected chi connectivity index (χ1v) is 8.22. The molecule has 104 valence electrons. The number of rotatable bonds is 5. The van der Waals surface area contributed by atoms with Gasteiger partial charge in [0, 0.05) is 0 Å². The van der Waals surface area contributed by atoms with E-state index in [2.05, 4.69) is 39.4 Å². The molecule has 0 atom stereocenters. The molecule has 0 unspecified atom stereocenters. The lowest BCUT2D eigenvalue weighted by Gasteiger charge is -2.22. The highest BCUT2D eigenvalue weighted by Gasteiger charge is 2.22. The van der Waals surface area contributed by atoms with Gasteiger partial charge in [-0.3, -0.25) is 0 Å². The Balaban J connectivity index is 1.61. The van der Waals surface area contributed by atoms with Crippen molar-refractivity contribution in [1.82, 2.24) is 5.32 Å². The van der Waals surface area contributed by atoms with Gasteiger partial charge in [0.05, 0.1) is 11.1 Å². The largest absolute Gasteiger partial charge is 0.492 e. The smallest absolute Gasteiger partial charge is 0.133 e. The van der Waals surface area contributed by atoms with Gasteiger partial charge in [-0.05, 0) is 90.7 Å². The first-order valence-electron chi connectivity index (χ1n) is 7.43. The molecule has 0 amide bonds. The van der Waals surface area contributed by atoms with Gasteiger partial charge in [0.2, 0.25) is 0 Å². The summed E-state index contributed by atoms with van der Waals surface area (Å²) in [5.41, 5.74) is 1.42. The number of halogens is 1. The molecule has 0 spiro atoms. The van der Waals surface area contributed by atoms with Crippen molar-refractivity contribution >= 4 is 15.9 Å². The van der Waals surface area contributed by atoms with Gasteiger partial charge in [0.1, 0.15) is 5.75 Å². The Morgan fingerprint density at radius 1 is 1.11 bits per heavy atom. The van der Waals surface area contributed by atoms with Gasteiger partial charge in [-0.15, -0.1) is 0 Å². The lowest BCUT2D eigenvalue weighted by molar-refractivity contribution is 0.297. The summed E-state index contributed by atoms with van der Waals surface area (Å²) in [6, 6.07) is 6.60. The van der Waals surface area contributed by atoms with E-state index in [0.717, 1.165) is 28.7 Å². The van der Waals surface area contributed by atoms with E-state index in [-0.39, 0.29) is 0 Å². The van der Waals surface area contributed by atoms with Crippen LogP contribution in [0.2, 0.25) is 0 Å². The molecule has 1 aliphatic carbocycles. The minimum absolute atomic E-state index is 0.806. The Labute approximate surface area is 124 Å². The summed E-state index contributed by atoms with van der Waals surface area (Å²) in [6.07, 6.45) is 6.47. The van der Waals surface area contributed by atoms with E-state index in [4.69, 9.17) is 4.74 Å². The molecule has 1 heterocycles. The summed E-state index contributed by atoms with van der Waals surface area (Å²) in [4.78, 5) is 0. The second-order valence-corrected chi connectivity index (χ2v) is 6.77. The first-order chi connectivity index (χ1) is 9.31. The Morgan fingerprint density at radius 2 is 1.89 bits per heavy atom. The second-order valence-electron chi connectivity index (χ2n) is 5.92. The van der Waals surface area contributed by atoms with Crippen molar-refractivity contribution in [3.05, 3.63) is 28.2 Å². The molecule has 1 aliphatic heterocycles. The van der Waals surface area contributed by atoms with Gasteiger partial charge in [-0.25, -0.2) is 0 Å². The average molecular weight is 324 g/mol. The van der Waals surface area contributed by atoms with Crippen LogP contribution in [0, 0.1) is 11.8 Å². The average Bonchev–Trinajstić information content (AvgIpc) is 3.25. The van der Waals surface area contributed by atoms with Crippen molar-refractivity contribution in [1.29, 1.82) is 0 Å². The fourth-order valence-corrected chi connectivity index (χ4v) is 3.06. The number of nitrogens with one attached hydrogen (secondary N) is 1. The van der Waals surface area contributed by atoms with Gasteiger partial charge in [0.25, 0.3) is 0 Å². The van der Waals surface area contributed by atoms with E-state index in [0.29, 0.717) is 0 Å². The number of ether oxygens (including phenoxy) is 1. The molecule has 0 bridgehead atoms. The zero-order valence-corrected chi connectivity index (χ0v) is 12.9. The van der Waals surface area contributed by atoms with E-state index >= 15 is 0 Å². The van der Waals surface area contributed by atoms with Crippen LogP contribution in [0.25, 0.3) is 0 Å². The fraction of sp³-hybridized carbons (Fsp3) is 0.625. The van der Waals surface area contributed by atoms with Gasteiger partial charge in [-0.2, -0.15) is 0 Å². The molecule has 0 radical (unpaired) electrons. The Bertz CT molecular complexity index is 425. The minimum Gasteiger partial charge on any atom is -0.492 e. The molecule has 1 aromatic carbocycles. The highest BCUT2D eigenvalue weighted by Crippen LogP contribution is 2.33. The molecule has 2 aliphatic rings. The highest BCUT2D eigenvalue weighted by molar-refractivity contribution is 9.10. The van der Waals surface area contributed by atoms with Crippen LogP contribution in [0.1, 0.15) is 31.2 Å². The number of hydrogen-bond acceptors (Lipinski definition) is 2. The van der Waals surface area contributed by atoms with Gasteiger partial charge < -0.3 is 10.1 Å². The summed E-state index contributed by atoms with van der Waals surface area (Å²) in [5, 5.41) is 3.43. The van der Waals surface area contributed by atoms with Crippen LogP contribution >= 0.6 is 15.9 Å². The van der Waals surface area contributed by atoms with Gasteiger partial charge >= 0.3 is 0 Å². The normalized spacial score (nSPS) is 20.5. The topological polar surface area (TPSA) is 21.3 Å². The van der Waals surface area contributed by atoms with E-state index in [1.165, 1.54) is 50.8 Å². The summed E-state index contributed by atoms with van der Waals surface area (Å²) < 4.78 is 7.02. The maximum Gasteiger partial charge on any atom is 0.133 e. The zero-order valence-electron chi connectivity index (χ0n) is 11.3. The summed E-state index contributed by atoms with van der Waals surface area (Å²) >= 11 is 3.59. The van der Waals surface area contributed by atoms with Crippen molar-refractivity contribution in [3.63, 3.8) is 0 Å². The maximum absolute atomic E-state index is 5.93. The van der Waals surface area contributed by atoms with Crippen molar-refractivity contribution in [3.8, 4) is 5.75 Å². The minimum atomic E-state index is 0.806. The van der Waals surface area contributed by atoms with Crippen LogP contribution in [0.5, 0.6) is 5.75 Å². The number of hydrogen-bond donors (Lipinski definition) is 1. The molecular formula is C16H22BrNO. The van der Waals surface area contributed by atoms with Gasteiger partial charge in [-0.1, -0.05) is 6.07 Å². The van der Waals surface area contributed by atoms with Crippen molar-refractivity contribution in [2.45, 2.75) is 32.1 Å². The Morgan fingerprint density at radius 3 is 2.63 bits per heavy atom. The van der Waals surface area contributed by atoms with Crippen molar-refractivity contribution in [2.75, 3.05) is 19.7 Å². The van der Waals surface area contributed by atoms with Crippen LogP contribution in [0.15, 0.2) is 22.7 Å². The molecule has 1 aromatic rings. The highest BCUT2D eigenvalue weighted by atomic mass is 79.9. The summed E-state index contributed by atoms with van der Waals surface area (Å²) in [7, 11) is 0. The third kappa shape index (κ3) is 3.96. The SMILES string of the molecule is Brc1ccc(CC2CCNCC2)cc1OCC1CC1. The third-order valence-electron chi connectivity index (χ3n) is 4.15.